The molecule has 0 aromatic heterocycles. The minimum atomic E-state index is -3.24. The highest BCUT2D eigenvalue weighted by Crippen LogP contribution is 2.18. The number of sulfone groups is 1. The molecule has 0 aliphatic heterocycles. The second kappa shape index (κ2) is 4.16. The van der Waals surface area contributed by atoms with Gasteiger partial charge >= 0.3 is 0 Å². The number of benzene rings is 1. The molecule has 0 aliphatic rings. The molecule has 1 aromatic rings. The van der Waals surface area contributed by atoms with Gasteiger partial charge in [-0.3, -0.25) is 0 Å². The molecule has 0 amide bonds. The van der Waals surface area contributed by atoms with E-state index in [1.165, 1.54) is 0 Å². The van der Waals surface area contributed by atoms with Gasteiger partial charge in [0.2, 0.25) is 9.84 Å². The summed E-state index contributed by atoms with van der Waals surface area (Å²) in [6, 6.07) is 5.60. The van der Waals surface area contributed by atoms with E-state index in [2.05, 4.69) is 27.1 Å². The molecule has 0 N–H and O–H groups in total. The Bertz CT molecular complexity index is 486. The van der Waals surface area contributed by atoms with Gasteiger partial charge in [0.05, 0.1) is 6.26 Å². The van der Waals surface area contributed by atoms with Crippen LogP contribution in [0.2, 0.25) is 0 Å². The van der Waals surface area contributed by atoms with Crippen LogP contribution < -0.4 is 0 Å². The topological polar surface area (TPSA) is 34.1 Å². The van der Waals surface area contributed by atoms with E-state index in [0.717, 1.165) is 21.9 Å². The fourth-order valence-corrected chi connectivity index (χ4v) is 1.79. The molecular formula is C10H9BrO2S. The molecule has 0 saturated heterocycles. The molecule has 74 valence electrons. The highest BCUT2D eigenvalue weighted by Gasteiger charge is 2.00. The van der Waals surface area contributed by atoms with Crippen molar-refractivity contribution >= 4 is 25.8 Å². The third-order valence-corrected chi connectivity index (χ3v) is 2.72. The first-order valence-electron chi connectivity index (χ1n) is 3.88. The maximum Gasteiger partial charge on any atom is 0.214 e. The molecule has 0 heterocycles. The summed E-state index contributed by atoms with van der Waals surface area (Å²) in [6.45, 7) is 1.89. The average Bonchev–Trinajstić information content (AvgIpc) is 2.01. The average molecular weight is 273 g/mol. The second-order valence-electron chi connectivity index (χ2n) is 2.93. The molecule has 0 aliphatic carbocycles. The number of halogens is 1. The van der Waals surface area contributed by atoms with Gasteiger partial charge in [-0.25, -0.2) is 8.42 Å². The van der Waals surface area contributed by atoms with Crippen LogP contribution in [0.1, 0.15) is 11.1 Å². The SMILES string of the molecule is Cc1cccc(Br)c1C#CS(C)(=O)=O. The highest BCUT2D eigenvalue weighted by atomic mass is 79.9. The number of rotatable bonds is 0. The Kier molecular flexibility index (Phi) is 3.35. The van der Waals surface area contributed by atoms with E-state index in [1.54, 1.807) is 0 Å². The summed E-state index contributed by atoms with van der Waals surface area (Å²) in [4.78, 5) is 0. The van der Waals surface area contributed by atoms with Gasteiger partial charge in [-0.1, -0.05) is 12.1 Å². The summed E-state index contributed by atoms with van der Waals surface area (Å²) in [7, 11) is -3.24. The molecule has 4 heteroatoms. The van der Waals surface area contributed by atoms with Gasteiger partial charge in [-0.15, -0.1) is 0 Å². The molecule has 0 radical (unpaired) electrons. The molecule has 1 rings (SSSR count). The van der Waals surface area contributed by atoms with Gasteiger partial charge in [0.15, 0.2) is 0 Å². The molecule has 1 aromatic carbocycles. The second-order valence-corrected chi connectivity index (χ2v) is 5.53. The van der Waals surface area contributed by atoms with Gasteiger partial charge < -0.3 is 0 Å². The molecule has 14 heavy (non-hydrogen) atoms. The first-order valence-corrected chi connectivity index (χ1v) is 6.56. The van der Waals surface area contributed by atoms with E-state index < -0.39 is 9.84 Å². The van der Waals surface area contributed by atoms with Crippen molar-refractivity contribution in [3.05, 3.63) is 33.8 Å². The quantitative estimate of drug-likeness (QED) is 0.678. The third kappa shape index (κ3) is 3.17. The Balaban J connectivity index is 3.26. The van der Waals surface area contributed by atoms with E-state index in [0.29, 0.717) is 0 Å². The van der Waals surface area contributed by atoms with Crippen molar-refractivity contribution in [2.24, 2.45) is 0 Å². The minimum absolute atomic E-state index is 0.720. The Labute approximate surface area is 92.4 Å². The lowest BCUT2D eigenvalue weighted by atomic mass is 10.1. The van der Waals surface area contributed by atoms with Crippen molar-refractivity contribution < 1.29 is 8.42 Å². The predicted octanol–water partition coefficient (Wildman–Crippen LogP) is 2.11. The van der Waals surface area contributed by atoms with Gasteiger partial charge in [0.25, 0.3) is 0 Å². The summed E-state index contributed by atoms with van der Waals surface area (Å²) >= 11 is 3.32. The molecule has 0 bridgehead atoms. The van der Waals surface area contributed by atoms with E-state index in [9.17, 15) is 8.42 Å². The normalized spacial score (nSPS) is 10.5. The van der Waals surface area contributed by atoms with E-state index in [-0.39, 0.29) is 0 Å². The largest absolute Gasteiger partial charge is 0.216 e. The van der Waals surface area contributed by atoms with Crippen LogP contribution in [-0.4, -0.2) is 14.7 Å². The Hall–Kier alpha value is -0.790. The van der Waals surface area contributed by atoms with Crippen molar-refractivity contribution in [3.8, 4) is 11.2 Å². The smallest absolute Gasteiger partial charge is 0.214 e. The minimum Gasteiger partial charge on any atom is -0.216 e. The first kappa shape index (κ1) is 11.3. The maximum absolute atomic E-state index is 10.8. The molecule has 0 saturated carbocycles. The molecule has 0 fully saturated rings. The van der Waals surface area contributed by atoms with Crippen LogP contribution in [0.4, 0.5) is 0 Å². The molecule has 2 nitrogen and oxygen atoms in total. The third-order valence-electron chi connectivity index (χ3n) is 1.58. The van der Waals surface area contributed by atoms with E-state index >= 15 is 0 Å². The van der Waals surface area contributed by atoms with Gasteiger partial charge in [-0.05, 0) is 40.4 Å². The summed E-state index contributed by atoms with van der Waals surface area (Å²) in [5.74, 6) is 2.64. The predicted molar refractivity (Wildman–Crippen MR) is 60.6 cm³/mol. The van der Waals surface area contributed by atoms with Crippen molar-refractivity contribution in [3.63, 3.8) is 0 Å². The standard InChI is InChI=1S/C10H9BrO2S/c1-8-4-3-5-10(11)9(8)6-7-14(2,12)13/h3-5H,1-2H3. The maximum atomic E-state index is 10.8. The van der Waals surface area contributed by atoms with Crippen molar-refractivity contribution in [2.75, 3.05) is 6.26 Å². The van der Waals surface area contributed by atoms with Gasteiger partial charge in [0.1, 0.15) is 0 Å². The Morgan fingerprint density at radius 2 is 2.00 bits per heavy atom. The van der Waals surface area contributed by atoms with Crippen LogP contribution >= 0.6 is 15.9 Å². The summed E-state index contributed by atoms with van der Waals surface area (Å²) in [6.07, 6.45) is 1.09. The van der Waals surface area contributed by atoms with Crippen molar-refractivity contribution in [1.29, 1.82) is 0 Å². The zero-order valence-corrected chi connectivity index (χ0v) is 10.2. The van der Waals surface area contributed by atoms with Crippen LogP contribution in [0, 0.1) is 18.1 Å². The first-order chi connectivity index (χ1) is 6.40. The zero-order valence-electron chi connectivity index (χ0n) is 7.83. The molecular weight excluding hydrogens is 264 g/mol. The number of aryl methyl sites for hydroxylation is 1. The number of hydrogen-bond acceptors (Lipinski definition) is 2. The fourth-order valence-electron chi connectivity index (χ4n) is 0.934. The Morgan fingerprint density at radius 3 is 2.50 bits per heavy atom. The van der Waals surface area contributed by atoms with Crippen LogP contribution in [0.15, 0.2) is 22.7 Å². The summed E-state index contributed by atoms with van der Waals surface area (Å²) in [5, 5.41) is 2.21. The van der Waals surface area contributed by atoms with Crippen LogP contribution in [0.25, 0.3) is 0 Å². The van der Waals surface area contributed by atoms with Crippen molar-refractivity contribution in [1.82, 2.24) is 0 Å². The summed E-state index contributed by atoms with van der Waals surface area (Å²) in [5.41, 5.74) is 1.67. The fraction of sp³-hybridized carbons (Fsp3) is 0.200. The van der Waals surface area contributed by atoms with Gasteiger partial charge in [-0.2, -0.15) is 0 Å². The zero-order chi connectivity index (χ0) is 10.8. The lowest BCUT2D eigenvalue weighted by Gasteiger charge is -1.99. The van der Waals surface area contributed by atoms with E-state index in [4.69, 9.17) is 0 Å². The lowest BCUT2D eigenvalue weighted by Crippen LogP contribution is -1.90. The monoisotopic (exact) mass is 272 g/mol. The lowest BCUT2D eigenvalue weighted by molar-refractivity contribution is 0.611. The number of hydrogen-bond donors (Lipinski definition) is 0. The van der Waals surface area contributed by atoms with Crippen LogP contribution in [0.5, 0.6) is 0 Å². The molecule has 0 spiro atoms. The van der Waals surface area contributed by atoms with Crippen LogP contribution in [0.3, 0.4) is 0 Å². The summed E-state index contributed by atoms with van der Waals surface area (Å²) < 4.78 is 22.5. The van der Waals surface area contributed by atoms with E-state index in [1.807, 2.05) is 25.1 Å². The molecule has 0 atom stereocenters. The van der Waals surface area contributed by atoms with Gasteiger partial charge in [0, 0.05) is 15.3 Å². The Morgan fingerprint density at radius 1 is 1.36 bits per heavy atom. The van der Waals surface area contributed by atoms with Crippen molar-refractivity contribution in [2.45, 2.75) is 6.92 Å². The molecule has 0 unspecified atom stereocenters. The van der Waals surface area contributed by atoms with Crippen LogP contribution in [-0.2, 0) is 9.84 Å². The highest BCUT2D eigenvalue weighted by molar-refractivity contribution is 9.10.